The van der Waals surface area contributed by atoms with Crippen molar-refractivity contribution in [2.75, 3.05) is 44.3 Å². The summed E-state index contributed by atoms with van der Waals surface area (Å²) in [6.07, 6.45) is 3.44. The average Bonchev–Trinajstić information content (AvgIpc) is 3.23. The topological polar surface area (TPSA) is 91.6 Å². The summed E-state index contributed by atoms with van der Waals surface area (Å²) in [5.41, 5.74) is 1.93. The van der Waals surface area contributed by atoms with Gasteiger partial charge in [0.25, 0.3) is 11.8 Å². The molecule has 0 N–H and O–H groups in total. The van der Waals surface area contributed by atoms with Crippen molar-refractivity contribution in [2.45, 2.75) is 12.5 Å². The predicted octanol–water partition coefficient (Wildman–Crippen LogP) is 1.48. The molecule has 4 rings (SSSR count). The predicted molar refractivity (Wildman–Crippen MR) is 101 cm³/mol. The number of aromatic nitrogens is 2. The number of likely N-dealkylation sites (tertiary alicyclic amines) is 1. The van der Waals surface area contributed by atoms with Crippen molar-refractivity contribution in [1.82, 2.24) is 14.9 Å². The van der Waals surface area contributed by atoms with E-state index in [1.807, 2.05) is 30.3 Å². The van der Waals surface area contributed by atoms with E-state index in [0.717, 1.165) is 32.0 Å². The molecule has 2 aliphatic heterocycles. The maximum atomic E-state index is 12.8. The Morgan fingerprint density at radius 3 is 2.64 bits per heavy atom. The van der Waals surface area contributed by atoms with Crippen LogP contribution in [0.5, 0.6) is 5.88 Å². The van der Waals surface area contributed by atoms with Crippen LogP contribution in [0.15, 0.2) is 36.7 Å². The molecule has 0 radical (unpaired) electrons. The molecule has 0 spiro atoms. The zero-order valence-corrected chi connectivity index (χ0v) is 15.5. The second kappa shape index (κ2) is 8.23. The smallest absolute Gasteiger partial charge is 0.253 e. The van der Waals surface area contributed by atoms with Crippen LogP contribution in [0.2, 0.25) is 0 Å². The highest BCUT2D eigenvalue weighted by molar-refractivity contribution is 5.94. The van der Waals surface area contributed by atoms with Gasteiger partial charge in [-0.15, -0.1) is 0 Å². The van der Waals surface area contributed by atoms with Crippen molar-refractivity contribution >= 4 is 11.6 Å². The van der Waals surface area contributed by atoms with E-state index in [4.69, 9.17) is 14.7 Å². The molecular weight excluding hydrogens is 358 g/mol. The third-order valence-corrected chi connectivity index (χ3v) is 4.97. The van der Waals surface area contributed by atoms with E-state index in [1.165, 1.54) is 12.4 Å². The number of carbonyl (C=O) groups is 1. The van der Waals surface area contributed by atoms with Gasteiger partial charge in [-0.2, -0.15) is 5.26 Å². The molecule has 0 bridgehead atoms. The minimum Gasteiger partial charge on any atom is -0.470 e. The third kappa shape index (κ3) is 3.89. The highest BCUT2D eigenvalue weighted by Gasteiger charge is 2.29. The molecule has 0 saturated carbocycles. The van der Waals surface area contributed by atoms with Gasteiger partial charge in [0.05, 0.1) is 19.8 Å². The molecule has 2 fully saturated rings. The Morgan fingerprint density at radius 2 is 1.89 bits per heavy atom. The van der Waals surface area contributed by atoms with Gasteiger partial charge >= 0.3 is 0 Å². The average molecular weight is 379 g/mol. The summed E-state index contributed by atoms with van der Waals surface area (Å²) < 4.78 is 11.2. The van der Waals surface area contributed by atoms with Gasteiger partial charge in [0.15, 0.2) is 0 Å². The third-order valence-electron chi connectivity index (χ3n) is 4.97. The van der Waals surface area contributed by atoms with E-state index in [2.05, 4.69) is 14.9 Å². The molecule has 28 heavy (non-hydrogen) atoms. The molecule has 8 nitrogen and oxygen atoms in total. The Labute approximate surface area is 163 Å². The summed E-state index contributed by atoms with van der Waals surface area (Å²) in [5, 5.41) is 9.09. The fourth-order valence-corrected chi connectivity index (χ4v) is 3.47. The van der Waals surface area contributed by atoms with Crippen LogP contribution in [0.25, 0.3) is 0 Å². The second-order valence-electron chi connectivity index (χ2n) is 6.75. The number of benzene rings is 1. The molecule has 2 aromatic rings. The van der Waals surface area contributed by atoms with Crippen molar-refractivity contribution in [1.29, 1.82) is 5.26 Å². The fraction of sp³-hybridized carbons (Fsp3) is 0.400. The molecule has 1 aromatic heterocycles. The first-order chi connectivity index (χ1) is 13.7. The summed E-state index contributed by atoms with van der Waals surface area (Å²) in [6.45, 7) is 4.27. The number of hydrogen-bond donors (Lipinski definition) is 0. The SMILES string of the molecule is N#Cc1nccnc1O[C@@H]1CCN(C(=O)c2ccc(N3CCOCC3)cc2)C1. The number of morpholine rings is 1. The summed E-state index contributed by atoms with van der Waals surface area (Å²) in [5.74, 6) is 0.207. The van der Waals surface area contributed by atoms with Gasteiger partial charge < -0.3 is 19.3 Å². The van der Waals surface area contributed by atoms with Crippen LogP contribution >= 0.6 is 0 Å². The maximum absolute atomic E-state index is 12.8. The number of nitriles is 1. The minimum absolute atomic E-state index is 0.0146. The Hall–Kier alpha value is -3.18. The lowest BCUT2D eigenvalue weighted by Gasteiger charge is -2.29. The monoisotopic (exact) mass is 379 g/mol. The number of carbonyl (C=O) groups excluding carboxylic acids is 1. The van der Waals surface area contributed by atoms with Gasteiger partial charge in [-0.1, -0.05) is 0 Å². The first-order valence-corrected chi connectivity index (χ1v) is 9.34. The lowest BCUT2D eigenvalue weighted by atomic mass is 10.1. The summed E-state index contributed by atoms with van der Waals surface area (Å²) in [4.78, 5) is 24.9. The van der Waals surface area contributed by atoms with E-state index in [1.54, 1.807) is 4.90 Å². The lowest BCUT2D eigenvalue weighted by Crippen LogP contribution is -2.36. The molecule has 8 heteroatoms. The van der Waals surface area contributed by atoms with Crippen molar-refractivity contribution in [3.8, 4) is 11.9 Å². The number of rotatable bonds is 4. The van der Waals surface area contributed by atoms with Crippen LogP contribution in [-0.4, -0.2) is 66.3 Å². The second-order valence-corrected chi connectivity index (χ2v) is 6.75. The summed E-state index contributed by atoms with van der Waals surface area (Å²) >= 11 is 0. The van der Waals surface area contributed by atoms with Crippen LogP contribution < -0.4 is 9.64 Å². The number of hydrogen-bond acceptors (Lipinski definition) is 7. The number of ether oxygens (including phenoxy) is 2. The van der Waals surface area contributed by atoms with Gasteiger partial charge in [0.2, 0.25) is 5.69 Å². The Kier molecular flexibility index (Phi) is 5.35. The maximum Gasteiger partial charge on any atom is 0.253 e. The highest BCUT2D eigenvalue weighted by Crippen LogP contribution is 2.22. The zero-order valence-electron chi connectivity index (χ0n) is 15.5. The minimum atomic E-state index is -0.194. The first kappa shape index (κ1) is 18.2. The van der Waals surface area contributed by atoms with Gasteiger partial charge in [0.1, 0.15) is 12.2 Å². The molecule has 0 aliphatic carbocycles. The summed E-state index contributed by atoms with van der Waals surface area (Å²) in [6, 6.07) is 9.69. The van der Waals surface area contributed by atoms with Gasteiger partial charge in [-0.05, 0) is 24.3 Å². The zero-order chi connectivity index (χ0) is 19.3. The Morgan fingerprint density at radius 1 is 1.14 bits per heavy atom. The first-order valence-electron chi connectivity index (χ1n) is 9.34. The van der Waals surface area contributed by atoms with Crippen LogP contribution in [0.4, 0.5) is 5.69 Å². The normalized spacial score (nSPS) is 19.3. The molecule has 2 saturated heterocycles. The van der Waals surface area contributed by atoms with Crippen molar-refractivity contribution in [3.05, 3.63) is 47.9 Å². The fourth-order valence-electron chi connectivity index (χ4n) is 3.47. The van der Waals surface area contributed by atoms with Crippen LogP contribution in [-0.2, 0) is 4.74 Å². The standard InChI is InChI=1S/C20H21N5O3/c21-13-18-19(23-7-6-22-18)28-17-5-8-25(14-17)20(26)15-1-3-16(4-2-15)24-9-11-27-12-10-24/h1-4,6-7,17H,5,8-12,14H2/t17-/m1/s1. The Balaban J connectivity index is 1.37. The molecule has 144 valence electrons. The largest absolute Gasteiger partial charge is 0.470 e. The highest BCUT2D eigenvalue weighted by atomic mass is 16.5. The van der Waals surface area contributed by atoms with E-state index < -0.39 is 0 Å². The number of amides is 1. The molecule has 1 amide bonds. The van der Waals surface area contributed by atoms with Crippen molar-refractivity contribution in [2.24, 2.45) is 0 Å². The van der Waals surface area contributed by atoms with Crippen molar-refractivity contribution in [3.63, 3.8) is 0 Å². The molecule has 0 unspecified atom stereocenters. The van der Waals surface area contributed by atoms with Crippen molar-refractivity contribution < 1.29 is 14.3 Å². The molecular formula is C20H21N5O3. The molecule has 3 heterocycles. The van der Waals surface area contributed by atoms with E-state index in [-0.39, 0.29) is 23.6 Å². The molecule has 2 aliphatic rings. The van der Waals surface area contributed by atoms with Gasteiger partial charge in [-0.3, -0.25) is 4.79 Å². The Bertz CT molecular complexity index is 874. The summed E-state index contributed by atoms with van der Waals surface area (Å²) in [7, 11) is 0. The molecule has 1 aromatic carbocycles. The number of anilines is 1. The van der Waals surface area contributed by atoms with E-state index >= 15 is 0 Å². The van der Waals surface area contributed by atoms with E-state index in [9.17, 15) is 4.79 Å². The number of nitrogens with zero attached hydrogens (tertiary/aromatic N) is 5. The molecule has 1 atom stereocenters. The quantitative estimate of drug-likeness (QED) is 0.794. The lowest BCUT2D eigenvalue weighted by molar-refractivity contribution is 0.0771. The van der Waals surface area contributed by atoms with Crippen LogP contribution in [0.1, 0.15) is 22.5 Å². The van der Waals surface area contributed by atoms with Crippen LogP contribution in [0, 0.1) is 11.3 Å². The van der Waals surface area contributed by atoms with E-state index in [0.29, 0.717) is 25.1 Å². The van der Waals surface area contributed by atoms with Crippen LogP contribution in [0.3, 0.4) is 0 Å². The van der Waals surface area contributed by atoms with Gasteiger partial charge in [0, 0.05) is 49.7 Å². The van der Waals surface area contributed by atoms with Gasteiger partial charge in [-0.25, -0.2) is 9.97 Å².